The van der Waals surface area contributed by atoms with Crippen LogP contribution in [0.2, 0.25) is 0 Å². The number of nitrogens with two attached hydrogens (primary N) is 2. The molecule has 2 aromatic heterocycles. The molecule has 0 unspecified atom stereocenters. The summed E-state index contributed by atoms with van der Waals surface area (Å²) in [7, 11) is 0. The van der Waals surface area contributed by atoms with E-state index in [9.17, 15) is 15.0 Å². The summed E-state index contributed by atoms with van der Waals surface area (Å²) in [6, 6.07) is 8.40. The van der Waals surface area contributed by atoms with Crippen molar-refractivity contribution >= 4 is 23.0 Å². The van der Waals surface area contributed by atoms with Gasteiger partial charge in [-0.3, -0.25) is 14.3 Å². The van der Waals surface area contributed by atoms with E-state index in [-0.39, 0.29) is 25.3 Å². The molecular weight excluding hydrogens is 454 g/mol. The van der Waals surface area contributed by atoms with Crippen molar-refractivity contribution in [2.75, 3.05) is 25.4 Å². The number of hydrogen-bond donors (Lipinski definition) is 5. The van der Waals surface area contributed by atoms with Crippen LogP contribution in [-0.2, 0) is 9.53 Å². The van der Waals surface area contributed by atoms with Crippen molar-refractivity contribution in [3.05, 3.63) is 48.5 Å². The Labute approximate surface area is 201 Å². The van der Waals surface area contributed by atoms with Gasteiger partial charge in [0.05, 0.1) is 12.9 Å². The van der Waals surface area contributed by atoms with Gasteiger partial charge in [0.15, 0.2) is 17.7 Å². The van der Waals surface area contributed by atoms with Crippen molar-refractivity contribution in [1.29, 1.82) is 0 Å². The lowest BCUT2D eigenvalue weighted by molar-refractivity contribution is -0.138. The number of aliphatic hydroxyl groups excluding tert-OH is 2. The number of carbonyl (C=O) groups is 1. The highest BCUT2D eigenvalue weighted by atomic mass is 16.6. The molecule has 184 valence electrons. The standard InChI is InChI=1S/C23H27N7O5/c24-15(23(33)34)8-10-29(9-4-7-14-5-2-1-3-6-14)11-16-18(31)19(32)22(35-16)30-13-28-17-20(25)26-12-27-21(17)30/h1-3,5-6,12-13,15-16,18-19,22,31-32H,8-11,24H2,(H,33,34)(H2,25,26,27)/t15-,16+,18+,19+,22+/m0/s1. The van der Waals surface area contributed by atoms with E-state index in [1.165, 1.54) is 17.2 Å². The average molecular weight is 482 g/mol. The molecule has 5 atom stereocenters. The molecule has 1 aromatic carbocycles. The third-order valence-corrected chi connectivity index (χ3v) is 5.82. The van der Waals surface area contributed by atoms with Gasteiger partial charge in [0.2, 0.25) is 0 Å². The number of rotatable bonds is 8. The van der Waals surface area contributed by atoms with Crippen LogP contribution in [0, 0.1) is 11.8 Å². The molecule has 0 amide bonds. The molecule has 4 rings (SSSR count). The summed E-state index contributed by atoms with van der Waals surface area (Å²) in [6.07, 6.45) is -1.32. The summed E-state index contributed by atoms with van der Waals surface area (Å²) in [5.74, 6) is 5.22. The highest BCUT2D eigenvalue weighted by molar-refractivity contribution is 5.81. The largest absolute Gasteiger partial charge is 0.480 e. The van der Waals surface area contributed by atoms with Crippen molar-refractivity contribution in [3.8, 4) is 11.8 Å². The molecule has 35 heavy (non-hydrogen) atoms. The fraction of sp³-hybridized carbons (Fsp3) is 0.391. The number of nitrogen functional groups attached to an aromatic ring is 1. The van der Waals surface area contributed by atoms with Crippen LogP contribution < -0.4 is 11.5 Å². The summed E-state index contributed by atoms with van der Waals surface area (Å²) in [6.45, 7) is 0.780. The summed E-state index contributed by atoms with van der Waals surface area (Å²) in [4.78, 5) is 25.2. The number of hydrogen-bond acceptors (Lipinski definition) is 10. The van der Waals surface area contributed by atoms with E-state index in [2.05, 4.69) is 26.8 Å². The molecule has 0 bridgehead atoms. The van der Waals surface area contributed by atoms with Gasteiger partial charge in [-0.05, 0) is 18.6 Å². The molecule has 12 heteroatoms. The van der Waals surface area contributed by atoms with Crippen LogP contribution in [-0.4, -0.2) is 89.7 Å². The number of fused-ring (bicyclic) bond motifs is 1. The van der Waals surface area contributed by atoms with Crippen molar-refractivity contribution in [2.45, 2.75) is 37.0 Å². The smallest absolute Gasteiger partial charge is 0.320 e. The highest BCUT2D eigenvalue weighted by Gasteiger charge is 2.44. The van der Waals surface area contributed by atoms with E-state index < -0.39 is 36.6 Å². The first-order valence-corrected chi connectivity index (χ1v) is 11.0. The number of imidazole rings is 1. The molecule has 1 aliphatic heterocycles. The molecule has 7 N–H and O–H groups in total. The van der Waals surface area contributed by atoms with Crippen LogP contribution in [0.25, 0.3) is 11.2 Å². The average Bonchev–Trinajstić information content (AvgIpc) is 3.40. The molecule has 0 aliphatic carbocycles. The summed E-state index contributed by atoms with van der Waals surface area (Å²) < 4.78 is 7.51. The van der Waals surface area contributed by atoms with Gasteiger partial charge in [0, 0.05) is 18.7 Å². The number of benzene rings is 1. The van der Waals surface area contributed by atoms with Crippen LogP contribution in [0.15, 0.2) is 43.0 Å². The molecule has 0 saturated carbocycles. The predicted molar refractivity (Wildman–Crippen MR) is 126 cm³/mol. The second-order valence-corrected chi connectivity index (χ2v) is 8.27. The molecule has 0 radical (unpaired) electrons. The Morgan fingerprint density at radius 3 is 2.71 bits per heavy atom. The Morgan fingerprint density at radius 2 is 1.97 bits per heavy atom. The number of nitrogens with zero attached hydrogens (tertiary/aromatic N) is 5. The first-order valence-electron chi connectivity index (χ1n) is 11.0. The molecule has 1 saturated heterocycles. The maximum absolute atomic E-state index is 11.2. The molecule has 3 aromatic rings. The second kappa shape index (κ2) is 10.8. The van der Waals surface area contributed by atoms with Gasteiger partial charge in [-0.2, -0.15) is 0 Å². The minimum absolute atomic E-state index is 0.180. The van der Waals surface area contributed by atoms with E-state index >= 15 is 0 Å². The Balaban J connectivity index is 1.49. The van der Waals surface area contributed by atoms with Crippen molar-refractivity contribution < 1.29 is 24.9 Å². The van der Waals surface area contributed by atoms with Gasteiger partial charge >= 0.3 is 5.97 Å². The maximum Gasteiger partial charge on any atom is 0.320 e. The third kappa shape index (κ3) is 5.56. The zero-order valence-electron chi connectivity index (χ0n) is 18.8. The molecule has 12 nitrogen and oxygen atoms in total. The predicted octanol–water partition coefficient (Wildman–Crippen LogP) is -0.817. The van der Waals surface area contributed by atoms with Crippen LogP contribution in [0.1, 0.15) is 18.2 Å². The van der Waals surface area contributed by atoms with E-state index in [1.54, 1.807) is 0 Å². The molecule has 1 aliphatic rings. The summed E-state index contributed by atoms with van der Waals surface area (Å²) in [5, 5.41) is 30.6. The van der Waals surface area contributed by atoms with E-state index in [4.69, 9.17) is 21.3 Å². The molecule has 0 spiro atoms. The van der Waals surface area contributed by atoms with Gasteiger partial charge in [-0.1, -0.05) is 30.0 Å². The Bertz CT molecular complexity index is 1230. The number of aliphatic carboxylic acids is 1. The minimum atomic E-state index is -1.26. The number of aromatic nitrogens is 4. The monoisotopic (exact) mass is 481 g/mol. The topological polar surface area (TPSA) is 186 Å². The summed E-state index contributed by atoms with van der Waals surface area (Å²) in [5.41, 5.74) is 13.1. The second-order valence-electron chi connectivity index (χ2n) is 8.27. The quantitative estimate of drug-likeness (QED) is 0.253. The normalized spacial score (nSPS) is 22.7. The van der Waals surface area contributed by atoms with Crippen LogP contribution in [0.3, 0.4) is 0 Å². The first-order chi connectivity index (χ1) is 16.8. The lowest BCUT2D eigenvalue weighted by atomic mass is 10.1. The van der Waals surface area contributed by atoms with Gasteiger partial charge in [-0.25, -0.2) is 15.0 Å². The van der Waals surface area contributed by atoms with E-state index in [0.717, 1.165) is 5.56 Å². The zero-order chi connectivity index (χ0) is 24.9. The number of ether oxygens (including phenoxy) is 1. The third-order valence-electron chi connectivity index (χ3n) is 5.82. The minimum Gasteiger partial charge on any atom is -0.480 e. The first kappa shape index (κ1) is 24.5. The van der Waals surface area contributed by atoms with E-state index in [0.29, 0.717) is 17.7 Å². The number of carboxylic acids is 1. The SMILES string of the molecule is Nc1ncnc2c1ncn2[C@@H]1O[C@H](CN(CC#Cc2ccccc2)CC[C@H](N)C(=O)O)[C@@H](O)[C@H]1O. The van der Waals surface area contributed by atoms with Crippen LogP contribution >= 0.6 is 0 Å². The van der Waals surface area contributed by atoms with Crippen LogP contribution in [0.5, 0.6) is 0 Å². The van der Waals surface area contributed by atoms with Gasteiger partial charge < -0.3 is 31.5 Å². The van der Waals surface area contributed by atoms with Gasteiger partial charge in [0.1, 0.15) is 36.2 Å². The fourth-order valence-electron chi connectivity index (χ4n) is 3.88. The zero-order valence-corrected chi connectivity index (χ0v) is 18.8. The van der Waals surface area contributed by atoms with E-state index in [1.807, 2.05) is 35.2 Å². The maximum atomic E-state index is 11.2. The lowest BCUT2D eigenvalue weighted by Gasteiger charge is -2.25. The fourth-order valence-corrected chi connectivity index (χ4v) is 3.88. The molecular formula is C23H27N7O5. The number of carboxylic acid groups (broad SMARTS) is 1. The van der Waals surface area contributed by atoms with Crippen molar-refractivity contribution in [3.63, 3.8) is 0 Å². The molecule has 1 fully saturated rings. The van der Waals surface area contributed by atoms with Crippen molar-refractivity contribution in [1.82, 2.24) is 24.4 Å². The molecule has 3 heterocycles. The Morgan fingerprint density at radius 1 is 1.20 bits per heavy atom. The van der Waals surface area contributed by atoms with Gasteiger partial charge in [0.25, 0.3) is 0 Å². The number of anilines is 1. The van der Waals surface area contributed by atoms with Crippen LogP contribution in [0.4, 0.5) is 5.82 Å². The van der Waals surface area contributed by atoms with Crippen molar-refractivity contribution in [2.24, 2.45) is 5.73 Å². The highest BCUT2D eigenvalue weighted by Crippen LogP contribution is 2.32. The Hall–Kier alpha value is -3.60. The summed E-state index contributed by atoms with van der Waals surface area (Å²) >= 11 is 0. The van der Waals surface area contributed by atoms with Gasteiger partial charge in [-0.15, -0.1) is 0 Å². The number of aliphatic hydroxyl groups is 2. The Kier molecular flexibility index (Phi) is 7.54. The lowest BCUT2D eigenvalue weighted by Crippen LogP contribution is -2.42.